The Morgan fingerprint density at radius 1 is 0.943 bits per heavy atom. The highest BCUT2D eigenvalue weighted by molar-refractivity contribution is 7.98. The summed E-state index contributed by atoms with van der Waals surface area (Å²) in [5.74, 6) is -2.13. The largest absolute Gasteiger partial charge is 0.457 e. The number of hydrogen-bond acceptors (Lipinski definition) is 8. The van der Waals surface area contributed by atoms with Crippen LogP contribution >= 0.6 is 11.8 Å². The Balaban J connectivity index is 1.66. The smallest absolute Gasteiger partial charge is 0.332 e. The zero-order valence-electron chi connectivity index (χ0n) is 19.4. The van der Waals surface area contributed by atoms with Crippen LogP contribution in [0.5, 0.6) is 0 Å². The Morgan fingerprint density at radius 2 is 1.60 bits per heavy atom. The van der Waals surface area contributed by atoms with Crippen LogP contribution in [0.1, 0.15) is 39.1 Å². The third-order valence-electron chi connectivity index (χ3n) is 5.38. The minimum Gasteiger partial charge on any atom is -0.457 e. The number of hydrogen-bond donors (Lipinski definition) is 1. The molecule has 3 aromatic rings. The first-order chi connectivity index (χ1) is 16.7. The van der Waals surface area contributed by atoms with Crippen molar-refractivity contribution in [2.75, 3.05) is 18.6 Å². The summed E-state index contributed by atoms with van der Waals surface area (Å²) in [5.41, 5.74) is 5.28. The zero-order chi connectivity index (χ0) is 25.5. The second-order valence-corrected chi connectivity index (χ2v) is 8.59. The number of carbonyl (C=O) groups excluding carboxylic acids is 3. The van der Waals surface area contributed by atoms with Gasteiger partial charge in [0.05, 0.1) is 13.0 Å². The van der Waals surface area contributed by atoms with Crippen molar-refractivity contribution in [1.29, 1.82) is 0 Å². The number of carbonyl (C=O) groups is 3. The van der Waals surface area contributed by atoms with Crippen LogP contribution < -0.4 is 17.0 Å². The monoisotopic (exact) mass is 495 g/mol. The first-order valence-corrected chi connectivity index (χ1v) is 11.9. The lowest BCUT2D eigenvalue weighted by molar-refractivity contribution is -0.142. The molecule has 3 rings (SSSR count). The number of nitrogens with zero attached hydrogens (tertiary/aromatic N) is 2. The standard InChI is InChI=1S/C25H25N3O6S/c1-27-24(32)22(23(26)28(25(27)33)14-16-6-4-3-5-7-16)20(30)15-34-21(31)13-12-19(29)17-8-10-18(35-2)11-9-17/h3-11H,12-15,26H2,1-2H3. The van der Waals surface area contributed by atoms with Crippen LogP contribution in [0.3, 0.4) is 0 Å². The molecular formula is C25H25N3O6S. The van der Waals surface area contributed by atoms with Crippen LogP contribution in [0.15, 0.2) is 69.1 Å². The van der Waals surface area contributed by atoms with E-state index in [1.807, 2.05) is 24.5 Å². The van der Waals surface area contributed by atoms with Gasteiger partial charge in [-0.25, -0.2) is 4.79 Å². The maximum atomic E-state index is 12.7. The lowest BCUT2D eigenvalue weighted by Gasteiger charge is -2.14. The Kier molecular flexibility index (Phi) is 8.43. The van der Waals surface area contributed by atoms with Gasteiger partial charge in [0, 0.05) is 23.9 Å². The normalized spacial score (nSPS) is 10.7. The fraction of sp³-hybridized carbons (Fsp3) is 0.240. The maximum absolute atomic E-state index is 12.7. The third kappa shape index (κ3) is 6.15. The number of thioether (sulfide) groups is 1. The Morgan fingerprint density at radius 3 is 2.23 bits per heavy atom. The number of nitrogen functional groups attached to an aromatic ring is 1. The summed E-state index contributed by atoms with van der Waals surface area (Å²) in [6.07, 6.45) is 1.62. The molecular weight excluding hydrogens is 470 g/mol. The number of benzene rings is 2. The first kappa shape index (κ1) is 25.7. The van der Waals surface area contributed by atoms with E-state index in [9.17, 15) is 24.0 Å². The number of Topliss-reactive ketones (excluding diaryl/α,β-unsaturated/α-hetero) is 2. The highest BCUT2D eigenvalue weighted by Crippen LogP contribution is 2.16. The van der Waals surface area contributed by atoms with Gasteiger partial charge in [0.25, 0.3) is 5.56 Å². The van der Waals surface area contributed by atoms with Crippen molar-refractivity contribution in [3.63, 3.8) is 0 Å². The van der Waals surface area contributed by atoms with Crippen molar-refractivity contribution in [3.05, 3.63) is 92.1 Å². The average Bonchev–Trinajstić information content (AvgIpc) is 2.88. The SMILES string of the molecule is CSc1ccc(C(=O)CCC(=O)OCC(=O)c2c(N)n(Cc3ccccc3)c(=O)n(C)c2=O)cc1. The molecule has 0 fully saturated rings. The van der Waals surface area contributed by atoms with Crippen LogP contribution in [0, 0.1) is 0 Å². The molecule has 10 heteroatoms. The lowest BCUT2D eigenvalue weighted by Crippen LogP contribution is -2.43. The molecule has 0 atom stereocenters. The number of ether oxygens (including phenoxy) is 1. The quantitative estimate of drug-likeness (QED) is 0.258. The number of anilines is 1. The molecule has 0 saturated heterocycles. The van der Waals surface area contributed by atoms with Gasteiger partial charge in [0.15, 0.2) is 12.4 Å². The molecule has 9 nitrogen and oxygen atoms in total. The zero-order valence-corrected chi connectivity index (χ0v) is 20.2. The molecule has 0 radical (unpaired) electrons. The van der Waals surface area contributed by atoms with Crippen molar-refractivity contribution in [3.8, 4) is 0 Å². The van der Waals surface area contributed by atoms with Gasteiger partial charge in [-0.05, 0) is 24.0 Å². The van der Waals surface area contributed by atoms with E-state index in [1.165, 1.54) is 7.05 Å². The van der Waals surface area contributed by atoms with E-state index in [0.29, 0.717) is 5.56 Å². The van der Waals surface area contributed by atoms with Crippen LogP contribution in [0.4, 0.5) is 5.82 Å². The molecule has 0 spiro atoms. The Bertz CT molecular complexity index is 1360. The van der Waals surface area contributed by atoms with Crippen molar-refractivity contribution in [2.45, 2.75) is 24.3 Å². The Hall–Kier alpha value is -3.92. The fourth-order valence-electron chi connectivity index (χ4n) is 3.39. The van der Waals surface area contributed by atoms with E-state index >= 15 is 0 Å². The van der Waals surface area contributed by atoms with Crippen molar-refractivity contribution in [2.24, 2.45) is 7.05 Å². The lowest BCUT2D eigenvalue weighted by atomic mass is 10.1. The molecule has 0 aliphatic heterocycles. The molecule has 0 bridgehead atoms. The number of aromatic nitrogens is 2. The second kappa shape index (κ2) is 11.5. The summed E-state index contributed by atoms with van der Waals surface area (Å²) in [4.78, 5) is 63.3. The number of rotatable bonds is 10. The maximum Gasteiger partial charge on any atom is 0.332 e. The molecule has 0 saturated carbocycles. The summed E-state index contributed by atoms with van der Waals surface area (Å²) in [5, 5.41) is 0. The summed E-state index contributed by atoms with van der Waals surface area (Å²) >= 11 is 1.55. The van der Waals surface area contributed by atoms with E-state index in [-0.39, 0.29) is 31.0 Å². The molecule has 1 aromatic heterocycles. The highest BCUT2D eigenvalue weighted by Gasteiger charge is 2.23. The second-order valence-electron chi connectivity index (χ2n) is 7.71. The predicted octanol–water partition coefficient (Wildman–Crippen LogP) is 2.29. The van der Waals surface area contributed by atoms with Gasteiger partial charge in [0.1, 0.15) is 11.4 Å². The number of ketones is 2. The molecule has 0 aliphatic carbocycles. The van der Waals surface area contributed by atoms with Crippen LogP contribution in [-0.2, 0) is 23.1 Å². The summed E-state index contributed by atoms with van der Waals surface area (Å²) in [6.45, 7) is -0.682. The molecule has 2 aromatic carbocycles. The van der Waals surface area contributed by atoms with E-state index < -0.39 is 35.2 Å². The van der Waals surface area contributed by atoms with Crippen LogP contribution in [0.25, 0.3) is 0 Å². The molecule has 2 N–H and O–H groups in total. The minimum absolute atomic E-state index is 0.0553. The average molecular weight is 496 g/mol. The highest BCUT2D eigenvalue weighted by atomic mass is 32.2. The van der Waals surface area contributed by atoms with Gasteiger partial charge < -0.3 is 10.5 Å². The molecule has 0 aliphatic rings. The first-order valence-electron chi connectivity index (χ1n) is 10.7. The van der Waals surface area contributed by atoms with Gasteiger partial charge in [-0.3, -0.25) is 28.3 Å². The topological polar surface area (TPSA) is 130 Å². The third-order valence-corrected chi connectivity index (χ3v) is 6.12. The minimum atomic E-state index is -0.873. The van der Waals surface area contributed by atoms with Gasteiger partial charge in [-0.2, -0.15) is 0 Å². The molecule has 0 amide bonds. The van der Waals surface area contributed by atoms with Gasteiger partial charge in [-0.15, -0.1) is 11.8 Å². The fourth-order valence-corrected chi connectivity index (χ4v) is 3.80. The molecule has 1 heterocycles. The van der Waals surface area contributed by atoms with E-state index in [0.717, 1.165) is 19.6 Å². The van der Waals surface area contributed by atoms with Crippen molar-refractivity contribution in [1.82, 2.24) is 9.13 Å². The van der Waals surface area contributed by atoms with Crippen LogP contribution in [0.2, 0.25) is 0 Å². The Labute approximate surface area is 205 Å². The van der Waals surface area contributed by atoms with Gasteiger partial charge >= 0.3 is 11.7 Å². The molecule has 35 heavy (non-hydrogen) atoms. The number of nitrogens with two attached hydrogens (primary N) is 1. The van der Waals surface area contributed by atoms with Crippen molar-refractivity contribution >= 4 is 35.1 Å². The number of esters is 1. The van der Waals surface area contributed by atoms with Crippen LogP contribution in [-0.4, -0.2) is 39.5 Å². The van der Waals surface area contributed by atoms with Crippen molar-refractivity contribution < 1.29 is 19.1 Å². The van der Waals surface area contributed by atoms with E-state index in [1.54, 1.807) is 48.2 Å². The summed E-state index contributed by atoms with van der Waals surface area (Å²) in [6, 6.07) is 15.9. The van der Waals surface area contributed by atoms with Gasteiger partial charge in [0.2, 0.25) is 5.78 Å². The summed E-state index contributed by atoms with van der Waals surface area (Å²) in [7, 11) is 1.24. The predicted molar refractivity (Wildman–Crippen MR) is 133 cm³/mol. The van der Waals surface area contributed by atoms with E-state index in [4.69, 9.17) is 10.5 Å². The van der Waals surface area contributed by atoms with Gasteiger partial charge in [-0.1, -0.05) is 42.5 Å². The van der Waals surface area contributed by atoms with E-state index in [2.05, 4.69) is 0 Å². The molecule has 182 valence electrons. The summed E-state index contributed by atoms with van der Waals surface area (Å²) < 4.78 is 6.89. The molecule has 0 unspecified atom stereocenters.